The summed E-state index contributed by atoms with van der Waals surface area (Å²) in [4.78, 5) is 0. The third-order valence-corrected chi connectivity index (χ3v) is 4.00. The Morgan fingerprint density at radius 2 is 2.29 bits per heavy atom. The monoisotopic (exact) mass is 293 g/mol. The Hall–Kier alpha value is -1.10. The van der Waals surface area contributed by atoms with Crippen LogP contribution in [0.25, 0.3) is 0 Å². The molecule has 1 heterocycles. The third kappa shape index (κ3) is 4.99. The molecule has 4 heteroatoms. The molecular weight excluding hydrogens is 266 g/mol. The largest absolute Gasteiger partial charge is 0.496 e. The molecule has 0 aliphatic carbocycles. The van der Waals surface area contributed by atoms with Crippen molar-refractivity contribution in [1.29, 1.82) is 0 Å². The summed E-state index contributed by atoms with van der Waals surface area (Å²) in [6.07, 6.45) is 4.47. The van der Waals surface area contributed by atoms with E-state index in [1.54, 1.807) is 7.11 Å². The van der Waals surface area contributed by atoms with Gasteiger partial charge in [-0.25, -0.2) is 0 Å². The standard InChI is InChI=1S/C17H27NO3/c1-13-6-7-17(20-2)15(11-13)16(19)12-18-9-8-14-5-3-4-10-21-14/h6-7,11,14,16,18-19H,3-5,8-10,12H2,1-2H3. The first-order chi connectivity index (χ1) is 10.2. The average molecular weight is 293 g/mol. The zero-order chi connectivity index (χ0) is 15.1. The van der Waals surface area contributed by atoms with Crippen LogP contribution < -0.4 is 10.1 Å². The molecule has 0 saturated carbocycles. The van der Waals surface area contributed by atoms with Gasteiger partial charge in [-0.2, -0.15) is 0 Å². The quantitative estimate of drug-likeness (QED) is 0.759. The van der Waals surface area contributed by atoms with Crippen molar-refractivity contribution in [2.75, 3.05) is 26.8 Å². The summed E-state index contributed by atoms with van der Waals surface area (Å²) in [6, 6.07) is 5.88. The summed E-state index contributed by atoms with van der Waals surface area (Å²) >= 11 is 0. The van der Waals surface area contributed by atoms with Gasteiger partial charge >= 0.3 is 0 Å². The van der Waals surface area contributed by atoms with Gasteiger partial charge in [0.05, 0.1) is 19.3 Å². The Morgan fingerprint density at radius 1 is 1.43 bits per heavy atom. The summed E-state index contributed by atoms with van der Waals surface area (Å²) in [5, 5.41) is 13.6. The molecule has 2 atom stereocenters. The topological polar surface area (TPSA) is 50.7 Å². The zero-order valence-corrected chi connectivity index (χ0v) is 13.1. The van der Waals surface area contributed by atoms with Crippen LogP contribution in [0.15, 0.2) is 18.2 Å². The van der Waals surface area contributed by atoms with Crippen LogP contribution in [0.4, 0.5) is 0 Å². The number of aliphatic hydroxyl groups is 1. The van der Waals surface area contributed by atoms with Gasteiger partial charge in [0.15, 0.2) is 0 Å². The fraction of sp³-hybridized carbons (Fsp3) is 0.647. The Bertz CT molecular complexity index is 430. The minimum atomic E-state index is -0.549. The molecule has 1 aliphatic rings. The highest BCUT2D eigenvalue weighted by Crippen LogP contribution is 2.25. The van der Waals surface area contributed by atoms with Crippen LogP contribution in [0.2, 0.25) is 0 Å². The van der Waals surface area contributed by atoms with Gasteiger partial charge in [-0.1, -0.05) is 11.6 Å². The highest BCUT2D eigenvalue weighted by atomic mass is 16.5. The van der Waals surface area contributed by atoms with E-state index in [4.69, 9.17) is 9.47 Å². The molecule has 1 aliphatic heterocycles. The van der Waals surface area contributed by atoms with Crippen LogP contribution in [0, 0.1) is 6.92 Å². The number of ether oxygens (including phenoxy) is 2. The predicted octanol–water partition coefficient (Wildman–Crippen LogP) is 2.59. The van der Waals surface area contributed by atoms with Gasteiger partial charge in [0.1, 0.15) is 5.75 Å². The van der Waals surface area contributed by atoms with E-state index in [0.29, 0.717) is 12.6 Å². The van der Waals surface area contributed by atoms with Crippen molar-refractivity contribution in [3.63, 3.8) is 0 Å². The zero-order valence-electron chi connectivity index (χ0n) is 13.1. The lowest BCUT2D eigenvalue weighted by Gasteiger charge is -2.23. The van der Waals surface area contributed by atoms with Gasteiger partial charge < -0.3 is 19.9 Å². The van der Waals surface area contributed by atoms with E-state index >= 15 is 0 Å². The number of hydrogen-bond acceptors (Lipinski definition) is 4. The molecule has 21 heavy (non-hydrogen) atoms. The minimum Gasteiger partial charge on any atom is -0.496 e. The first kappa shape index (κ1) is 16.3. The van der Waals surface area contributed by atoms with E-state index in [2.05, 4.69) is 5.32 Å². The first-order valence-electron chi connectivity index (χ1n) is 7.85. The molecule has 2 N–H and O–H groups in total. The molecule has 0 bridgehead atoms. The van der Waals surface area contributed by atoms with Crippen LogP contribution >= 0.6 is 0 Å². The second-order valence-electron chi connectivity index (χ2n) is 5.74. The van der Waals surface area contributed by atoms with Gasteiger partial charge in [0.2, 0.25) is 0 Å². The number of aliphatic hydroxyl groups excluding tert-OH is 1. The maximum Gasteiger partial charge on any atom is 0.124 e. The summed E-state index contributed by atoms with van der Waals surface area (Å²) in [5.74, 6) is 0.741. The van der Waals surface area contributed by atoms with Crippen molar-refractivity contribution in [2.45, 2.75) is 44.8 Å². The summed E-state index contributed by atoms with van der Waals surface area (Å²) in [7, 11) is 1.63. The Morgan fingerprint density at radius 3 is 3.00 bits per heavy atom. The number of methoxy groups -OCH3 is 1. The molecule has 1 aromatic rings. The molecule has 0 amide bonds. The predicted molar refractivity (Wildman–Crippen MR) is 83.8 cm³/mol. The van der Waals surface area contributed by atoms with E-state index in [1.807, 2.05) is 25.1 Å². The van der Waals surface area contributed by atoms with Crippen LogP contribution in [0.5, 0.6) is 5.75 Å². The molecule has 2 rings (SSSR count). The average Bonchev–Trinajstić information content (AvgIpc) is 2.52. The van der Waals surface area contributed by atoms with Crippen molar-refractivity contribution in [2.24, 2.45) is 0 Å². The van der Waals surface area contributed by atoms with Gasteiger partial charge in [0.25, 0.3) is 0 Å². The molecule has 1 fully saturated rings. The maximum atomic E-state index is 10.3. The van der Waals surface area contributed by atoms with Crippen molar-refractivity contribution in [1.82, 2.24) is 5.32 Å². The lowest BCUT2D eigenvalue weighted by atomic mass is 10.0. The Labute approximate surface area is 127 Å². The third-order valence-electron chi connectivity index (χ3n) is 4.00. The minimum absolute atomic E-state index is 0.386. The molecule has 4 nitrogen and oxygen atoms in total. The molecule has 0 radical (unpaired) electrons. The lowest BCUT2D eigenvalue weighted by Crippen LogP contribution is -2.28. The molecular formula is C17H27NO3. The number of hydrogen-bond donors (Lipinski definition) is 2. The highest BCUT2D eigenvalue weighted by Gasteiger charge is 2.15. The van der Waals surface area contributed by atoms with Gasteiger partial charge in [-0.05, 0) is 51.3 Å². The first-order valence-corrected chi connectivity index (χ1v) is 7.85. The normalized spacial score (nSPS) is 20.2. The SMILES string of the molecule is COc1ccc(C)cc1C(O)CNCCC1CCCCO1. The van der Waals surface area contributed by atoms with E-state index in [-0.39, 0.29) is 0 Å². The van der Waals surface area contributed by atoms with Crippen molar-refractivity contribution < 1.29 is 14.6 Å². The lowest BCUT2D eigenvalue weighted by molar-refractivity contribution is 0.0111. The van der Waals surface area contributed by atoms with Crippen LogP contribution in [-0.4, -0.2) is 38.0 Å². The summed E-state index contributed by atoms with van der Waals surface area (Å²) < 4.78 is 11.0. The maximum absolute atomic E-state index is 10.3. The number of aryl methyl sites for hydroxylation is 1. The van der Waals surface area contributed by atoms with Crippen molar-refractivity contribution in [3.05, 3.63) is 29.3 Å². The fourth-order valence-corrected chi connectivity index (χ4v) is 2.76. The van der Waals surface area contributed by atoms with Crippen molar-refractivity contribution in [3.8, 4) is 5.75 Å². The number of benzene rings is 1. The second-order valence-corrected chi connectivity index (χ2v) is 5.74. The molecule has 118 valence electrons. The smallest absolute Gasteiger partial charge is 0.124 e. The summed E-state index contributed by atoms with van der Waals surface area (Å²) in [5.41, 5.74) is 1.97. The number of rotatable bonds is 7. The summed E-state index contributed by atoms with van der Waals surface area (Å²) in [6.45, 7) is 4.32. The van der Waals surface area contributed by atoms with E-state index in [9.17, 15) is 5.11 Å². The Balaban J connectivity index is 1.76. The van der Waals surface area contributed by atoms with Gasteiger partial charge in [-0.3, -0.25) is 0 Å². The van der Waals surface area contributed by atoms with Gasteiger partial charge in [0, 0.05) is 18.7 Å². The molecule has 1 aromatic carbocycles. The van der Waals surface area contributed by atoms with E-state index < -0.39 is 6.10 Å². The fourth-order valence-electron chi connectivity index (χ4n) is 2.76. The van der Waals surface area contributed by atoms with E-state index in [1.165, 1.54) is 12.8 Å². The van der Waals surface area contributed by atoms with Crippen molar-refractivity contribution >= 4 is 0 Å². The highest BCUT2D eigenvalue weighted by molar-refractivity contribution is 5.38. The Kier molecular flexibility index (Phi) is 6.49. The van der Waals surface area contributed by atoms with Crippen LogP contribution in [0.1, 0.15) is 42.9 Å². The second kappa shape index (κ2) is 8.37. The molecule has 1 saturated heterocycles. The number of nitrogens with one attached hydrogen (secondary N) is 1. The molecule has 0 aromatic heterocycles. The molecule has 0 spiro atoms. The van der Waals surface area contributed by atoms with Crippen LogP contribution in [-0.2, 0) is 4.74 Å². The van der Waals surface area contributed by atoms with Gasteiger partial charge in [-0.15, -0.1) is 0 Å². The van der Waals surface area contributed by atoms with Crippen LogP contribution in [0.3, 0.4) is 0 Å². The molecule has 2 unspecified atom stereocenters. The van der Waals surface area contributed by atoms with E-state index in [0.717, 1.165) is 42.9 Å².